The second-order valence-electron chi connectivity index (χ2n) is 3.53. The number of nitro groups is 1. The van der Waals surface area contributed by atoms with E-state index in [0.29, 0.717) is 12.2 Å². The molecule has 0 amide bonds. The first-order valence-electron chi connectivity index (χ1n) is 5.20. The SMILES string of the molecule is O=[N+]([O-])c1[c]cccc1NCc1ccccc1. The minimum Gasteiger partial charge on any atom is -0.375 e. The number of benzene rings is 2. The van der Waals surface area contributed by atoms with Gasteiger partial charge in [-0.15, -0.1) is 0 Å². The lowest BCUT2D eigenvalue weighted by molar-refractivity contribution is -0.384. The highest BCUT2D eigenvalue weighted by atomic mass is 16.6. The van der Waals surface area contributed by atoms with Crippen LogP contribution in [-0.2, 0) is 6.54 Å². The molecule has 0 aromatic heterocycles. The molecule has 1 radical (unpaired) electrons. The Bertz CT molecular complexity index is 512. The second kappa shape index (κ2) is 5.12. The Balaban J connectivity index is 2.12. The molecule has 2 rings (SSSR count). The fourth-order valence-electron chi connectivity index (χ4n) is 1.51. The molecule has 17 heavy (non-hydrogen) atoms. The summed E-state index contributed by atoms with van der Waals surface area (Å²) in [5, 5.41) is 13.8. The van der Waals surface area contributed by atoms with Gasteiger partial charge in [0.05, 0.1) is 11.0 Å². The van der Waals surface area contributed by atoms with Crippen LogP contribution in [0.25, 0.3) is 0 Å². The highest BCUT2D eigenvalue weighted by Crippen LogP contribution is 2.22. The Hall–Kier alpha value is -2.36. The van der Waals surface area contributed by atoms with E-state index in [9.17, 15) is 10.1 Å². The van der Waals surface area contributed by atoms with Gasteiger partial charge in [0.1, 0.15) is 5.69 Å². The Kier molecular flexibility index (Phi) is 3.35. The van der Waals surface area contributed by atoms with Gasteiger partial charge in [-0.25, -0.2) is 0 Å². The molecule has 0 bridgehead atoms. The number of nitrogens with one attached hydrogen (secondary N) is 1. The highest BCUT2D eigenvalue weighted by Gasteiger charge is 2.11. The van der Waals surface area contributed by atoms with Gasteiger partial charge in [0.15, 0.2) is 0 Å². The maximum absolute atomic E-state index is 10.8. The summed E-state index contributed by atoms with van der Waals surface area (Å²) in [5.74, 6) is 0. The quantitative estimate of drug-likeness (QED) is 0.645. The number of nitrogens with zero attached hydrogens (tertiary/aromatic N) is 1. The first-order valence-corrected chi connectivity index (χ1v) is 5.20. The maximum Gasteiger partial charge on any atom is 0.300 e. The van der Waals surface area contributed by atoms with E-state index >= 15 is 0 Å². The number of anilines is 1. The summed E-state index contributed by atoms with van der Waals surface area (Å²) >= 11 is 0. The van der Waals surface area contributed by atoms with Crippen molar-refractivity contribution >= 4 is 11.4 Å². The lowest BCUT2D eigenvalue weighted by Crippen LogP contribution is -2.02. The molecule has 2 aromatic carbocycles. The number of nitro benzene ring substituents is 1. The van der Waals surface area contributed by atoms with Gasteiger partial charge < -0.3 is 5.32 Å². The predicted molar refractivity (Wildman–Crippen MR) is 65.7 cm³/mol. The standard InChI is InChI=1S/C13H11N2O2/c16-15(17)13-9-5-4-8-12(13)14-10-11-6-2-1-3-7-11/h1-8,14H,10H2. The summed E-state index contributed by atoms with van der Waals surface area (Å²) in [5.41, 5.74) is 1.54. The number of para-hydroxylation sites is 1. The van der Waals surface area contributed by atoms with E-state index in [1.54, 1.807) is 12.1 Å². The molecule has 4 nitrogen and oxygen atoms in total. The topological polar surface area (TPSA) is 55.2 Å². The minimum absolute atomic E-state index is 0.0246. The van der Waals surface area contributed by atoms with Crippen LogP contribution in [0.4, 0.5) is 11.4 Å². The minimum atomic E-state index is -0.437. The first kappa shape index (κ1) is 11.1. The van der Waals surface area contributed by atoms with E-state index in [2.05, 4.69) is 11.4 Å². The van der Waals surface area contributed by atoms with Crippen molar-refractivity contribution in [1.29, 1.82) is 0 Å². The molecule has 85 valence electrons. The number of rotatable bonds is 4. The predicted octanol–water partition coefficient (Wildman–Crippen LogP) is 3.01. The van der Waals surface area contributed by atoms with Crippen molar-refractivity contribution in [3.63, 3.8) is 0 Å². The summed E-state index contributed by atoms with van der Waals surface area (Å²) in [6.07, 6.45) is 0. The van der Waals surface area contributed by atoms with E-state index in [1.807, 2.05) is 30.3 Å². The van der Waals surface area contributed by atoms with Gasteiger partial charge in [0.25, 0.3) is 5.69 Å². The Morgan fingerprint density at radius 3 is 2.65 bits per heavy atom. The summed E-state index contributed by atoms with van der Waals surface area (Å²) in [7, 11) is 0. The van der Waals surface area contributed by atoms with Crippen LogP contribution in [0.15, 0.2) is 48.5 Å². The Labute approximate surface area is 99.1 Å². The third kappa shape index (κ3) is 2.81. The fraction of sp³-hybridized carbons (Fsp3) is 0.0769. The van der Waals surface area contributed by atoms with Crippen LogP contribution in [-0.4, -0.2) is 4.92 Å². The zero-order valence-electron chi connectivity index (χ0n) is 9.09. The highest BCUT2D eigenvalue weighted by molar-refractivity contribution is 5.60. The number of hydrogen-bond acceptors (Lipinski definition) is 3. The van der Waals surface area contributed by atoms with Crippen molar-refractivity contribution < 1.29 is 4.92 Å². The van der Waals surface area contributed by atoms with Gasteiger partial charge in [0.2, 0.25) is 0 Å². The summed E-state index contributed by atoms with van der Waals surface area (Å²) < 4.78 is 0. The zero-order chi connectivity index (χ0) is 12.1. The monoisotopic (exact) mass is 227 g/mol. The summed E-state index contributed by atoms with van der Waals surface area (Å²) in [6, 6.07) is 17.3. The molecule has 0 saturated carbocycles. The molecular weight excluding hydrogens is 216 g/mol. The van der Waals surface area contributed by atoms with Crippen LogP contribution in [0.5, 0.6) is 0 Å². The van der Waals surface area contributed by atoms with Crippen LogP contribution < -0.4 is 5.32 Å². The average Bonchev–Trinajstić information content (AvgIpc) is 2.38. The molecule has 1 N–H and O–H groups in total. The molecule has 0 aliphatic heterocycles. The van der Waals surface area contributed by atoms with E-state index in [0.717, 1.165) is 5.56 Å². The molecule has 0 spiro atoms. The van der Waals surface area contributed by atoms with Crippen molar-refractivity contribution in [2.75, 3.05) is 5.32 Å². The van der Waals surface area contributed by atoms with Crippen LogP contribution in [0.2, 0.25) is 0 Å². The summed E-state index contributed by atoms with van der Waals surface area (Å²) in [6.45, 7) is 0.555. The first-order chi connectivity index (χ1) is 8.27. The third-order valence-corrected chi connectivity index (χ3v) is 2.34. The van der Waals surface area contributed by atoms with Crippen molar-refractivity contribution in [1.82, 2.24) is 0 Å². The third-order valence-electron chi connectivity index (χ3n) is 2.34. The van der Waals surface area contributed by atoms with Gasteiger partial charge in [-0.1, -0.05) is 36.4 Å². The van der Waals surface area contributed by atoms with Crippen molar-refractivity contribution in [2.24, 2.45) is 0 Å². The van der Waals surface area contributed by atoms with E-state index in [-0.39, 0.29) is 5.69 Å². The van der Waals surface area contributed by atoms with Gasteiger partial charge in [-0.2, -0.15) is 0 Å². The van der Waals surface area contributed by atoms with E-state index in [1.165, 1.54) is 6.07 Å². The molecule has 0 heterocycles. The molecular formula is C13H11N2O2. The maximum atomic E-state index is 10.8. The largest absolute Gasteiger partial charge is 0.375 e. The normalized spacial score (nSPS) is 9.88. The van der Waals surface area contributed by atoms with Crippen LogP contribution in [0.3, 0.4) is 0 Å². The van der Waals surface area contributed by atoms with Crippen molar-refractivity contribution in [2.45, 2.75) is 6.54 Å². The van der Waals surface area contributed by atoms with Gasteiger partial charge >= 0.3 is 0 Å². The lowest BCUT2D eigenvalue weighted by Gasteiger charge is -2.06. The van der Waals surface area contributed by atoms with Crippen LogP contribution >= 0.6 is 0 Å². The molecule has 0 unspecified atom stereocenters. The van der Waals surface area contributed by atoms with Crippen molar-refractivity contribution in [3.05, 3.63) is 70.3 Å². The molecule has 0 aliphatic carbocycles. The fourth-order valence-corrected chi connectivity index (χ4v) is 1.51. The molecule has 0 atom stereocenters. The Morgan fingerprint density at radius 1 is 1.18 bits per heavy atom. The Morgan fingerprint density at radius 2 is 1.94 bits per heavy atom. The zero-order valence-corrected chi connectivity index (χ0v) is 9.09. The van der Waals surface area contributed by atoms with E-state index in [4.69, 9.17) is 0 Å². The van der Waals surface area contributed by atoms with Crippen LogP contribution in [0.1, 0.15) is 5.56 Å². The molecule has 0 saturated heterocycles. The molecule has 2 aromatic rings. The van der Waals surface area contributed by atoms with Crippen LogP contribution in [0, 0.1) is 16.2 Å². The van der Waals surface area contributed by atoms with E-state index < -0.39 is 4.92 Å². The van der Waals surface area contributed by atoms with Crippen molar-refractivity contribution in [3.8, 4) is 0 Å². The van der Waals surface area contributed by atoms with Gasteiger partial charge in [-0.05, 0) is 17.7 Å². The summed E-state index contributed by atoms with van der Waals surface area (Å²) in [4.78, 5) is 10.3. The lowest BCUT2D eigenvalue weighted by atomic mass is 10.2. The second-order valence-corrected chi connectivity index (χ2v) is 3.53. The molecule has 0 aliphatic rings. The molecule has 4 heteroatoms. The number of hydrogen-bond donors (Lipinski definition) is 1. The smallest absolute Gasteiger partial charge is 0.300 e. The average molecular weight is 227 g/mol. The molecule has 0 fully saturated rings. The van der Waals surface area contributed by atoms with Gasteiger partial charge in [0, 0.05) is 6.54 Å². The van der Waals surface area contributed by atoms with Gasteiger partial charge in [-0.3, -0.25) is 10.1 Å².